The lowest BCUT2D eigenvalue weighted by atomic mass is 9.98. The minimum Gasteiger partial charge on any atom is -0.344 e. The van der Waals surface area contributed by atoms with Gasteiger partial charge >= 0.3 is 0 Å². The Morgan fingerprint density at radius 2 is 1.17 bits per heavy atom. The van der Waals surface area contributed by atoms with E-state index < -0.39 is 0 Å². The summed E-state index contributed by atoms with van der Waals surface area (Å²) in [6, 6.07) is 66.6. The predicted molar refractivity (Wildman–Crippen MR) is 266 cm³/mol. The largest absolute Gasteiger partial charge is 0.344 e. The number of fused-ring (bicyclic) bond motifs is 4. The average Bonchev–Trinajstić information content (AvgIpc) is 3.88. The number of nitrogens with zero attached hydrogens (tertiary/aromatic N) is 5. The average molecular weight is 815 g/mol. The molecule has 63 heavy (non-hydrogen) atoms. The molecule has 1 aliphatic heterocycles. The summed E-state index contributed by atoms with van der Waals surface area (Å²) >= 11 is 0. The molecular weight excluding hydrogens is 769 g/mol. The molecule has 0 saturated carbocycles. The summed E-state index contributed by atoms with van der Waals surface area (Å²) < 4.78 is 4.76. The quantitative estimate of drug-likeness (QED) is 0.134. The number of hydrogen-bond acceptors (Lipinski definition) is 4. The number of aliphatic imine (C=N–C) groups is 2. The van der Waals surface area contributed by atoms with Crippen molar-refractivity contribution < 1.29 is 0 Å². The van der Waals surface area contributed by atoms with Crippen molar-refractivity contribution >= 4 is 66.1 Å². The summed E-state index contributed by atoms with van der Waals surface area (Å²) in [5.74, 6) is 2.42. The van der Waals surface area contributed by atoms with Crippen LogP contribution in [0.25, 0.3) is 77.0 Å². The van der Waals surface area contributed by atoms with E-state index in [1.807, 2.05) is 69.4 Å². The van der Waals surface area contributed by atoms with E-state index in [2.05, 4.69) is 167 Å². The second-order valence-corrected chi connectivity index (χ2v) is 15.3. The first-order chi connectivity index (χ1) is 31.2. The number of pyridine rings is 1. The van der Waals surface area contributed by atoms with Crippen molar-refractivity contribution in [1.82, 2.24) is 19.4 Å². The summed E-state index contributed by atoms with van der Waals surface area (Å²) in [5, 5.41) is 11.2. The number of benzene rings is 8. The molecule has 11 aromatic rings. The Bertz CT molecular complexity index is 3470. The van der Waals surface area contributed by atoms with Crippen molar-refractivity contribution in [3.63, 3.8) is 0 Å². The standard InChI is InChI=1S/C52H34N6.C3H6.C2H6/c1-3-14-34(15-4-1)50-54-51(35-16-5-2-6-17-35)56-52(55-50)38-21-11-19-36(30-38)37-20-12-22-39(31-37)57-43-25-13-18-33-27-28-41-48-40-23-7-8-24-42(40)58(46-26-9-10-29-53-46)44(48)32-45(57)49(41)47(33)43;1-3-2;1-2/h1-32,52H,(H,54,55,56);3H,1H2,2H3;1-2H3. The predicted octanol–water partition coefficient (Wildman–Crippen LogP) is 14.2. The first-order valence-corrected chi connectivity index (χ1v) is 21.6. The number of aromatic nitrogens is 3. The molecular formula is C57H46N6. The van der Waals surface area contributed by atoms with Gasteiger partial charge in [0.05, 0.1) is 22.1 Å². The molecule has 0 saturated heterocycles. The highest BCUT2D eigenvalue weighted by Crippen LogP contribution is 2.45. The molecule has 0 bridgehead atoms. The second-order valence-electron chi connectivity index (χ2n) is 15.3. The highest BCUT2D eigenvalue weighted by molar-refractivity contribution is 6.33. The molecule has 6 heteroatoms. The molecule has 8 aromatic carbocycles. The summed E-state index contributed by atoms with van der Waals surface area (Å²) in [6.07, 6.45) is 3.30. The molecule has 1 unspecified atom stereocenters. The minimum atomic E-state index is -0.317. The van der Waals surface area contributed by atoms with Crippen LogP contribution in [0.2, 0.25) is 0 Å². The topological polar surface area (TPSA) is 59.5 Å². The Labute approximate surface area is 367 Å². The monoisotopic (exact) mass is 814 g/mol. The van der Waals surface area contributed by atoms with Crippen LogP contribution in [-0.4, -0.2) is 25.8 Å². The normalized spacial score (nSPS) is 13.5. The van der Waals surface area contributed by atoms with Gasteiger partial charge in [-0.25, -0.2) is 15.0 Å². The van der Waals surface area contributed by atoms with Crippen LogP contribution >= 0.6 is 0 Å². The molecule has 4 heterocycles. The van der Waals surface area contributed by atoms with Crippen molar-refractivity contribution in [2.45, 2.75) is 26.9 Å². The fourth-order valence-electron chi connectivity index (χ4n) is 9.01. The smallest absolute Gasteiger partial charge is 0.159 e. The van der Waals surface area contributed by atoms with Gasteiger partial charge in [0.2, 0.25) is 0 Å². The van der Waals surface area contributed by atoms with Crippen LogP contribution in [0.1, 0.15) is 43.6 Å². The van der Waals surface area contributed by atoms with Gasteiger partial charge in [0, 0.05) is 44.6 Å². The van der Waals surface area contributed by atoms with Crippen molar-refractivity contribution in [2.75, 3.05) is 0 Å². The third-order valence-electron chi connectivity index (χ3n) is 11.6. The SMILES string of the molecule is C=CC.CC.c1ccc(C2=NC(c3cccc(-c4cccc(-n5c6cccc7ccc8c9c%10ccccc%10n(-c%10ccccn%10)c9cc5c8c76)c4)c3)NC(c3ccccc3)=N2)cc1. The van der Waals surface area contributed by atoms with Crippen LogP contribution in [-0.2, 0) is 0 Å². The molecule has 1 N–H and O–H groups in total. The number of hydrogen-bond donors (Lipinski definition) is 1. The molecule has 3 aromatic heterocycles. The highest BCUT2D eigenvalue weighted by Gasteiger charge is 2.24. The van der Waals surface area contributed by atoms with Crippen LogP contribution in [0.3, 0.4) is 0 Å². The third kappa shape index (κ3) is 6.82. The lowest BCUT2D eigenvalue weighted by molar-refractivity contribution is 0.674. The van der Waals surface area contributed by atoms with Gasteiger partial charge in [-0.3, -0.25) is 4.57 Å². The number of para-hydroxylation sites is 1. The van der Waals surface area contributed by atoms with Gasteiger partial charge in [-0.1, -0.05) is 159 Å². The van der Waals surface area contributed by atoms with E-state index in [-0.39, 0.29) is 6.17 Å². The van der Waals surface area contributed by atoms with Gasteiger partial charge < -0.3 is 9.88 Å². The fourth-order valence-corrected chi connectivity index (χ4v) is 9.01. The Hall–Kier alpha value is -8.09. The van der Waals surface area contributed by atoms with Gasteiger partial charge in [-0.15, -0.1) is 6.58 Å². The fraction of sp³-hybridized carbons (Fsp3) is 0.0702. The van der Waals surface area contributed by atoms with Crippen molar-refractivity contribution in [2.24, 2.45) is 9.98 Å². The van der Waals surface area contributed by atoms with E-state index in [0.717, 1.165) is 56.2 Å². The minimum absolute atomic E-state index is 0.317. The second kappa shape index (κ2) is 16.8. The zero-order chi connectivity index (χ0) is 42.9. The van der Waals surface area contributed by atoms with Crippen LogP contribution in [0, 0.1) is 0 Å². The third-order valence-corrected chi connectivity index (χ3v) is 11.6. The summed E-state index contributed by atoms with van der Waals surface area (Å²) in [7, 11) is 0. The number of rotatable bonds is 6. The molecule has 0 spiro atoms. The van der Waals surface area contributed by atoms with E-state index in [1.165, 1.54) is 43.4 Å². The van der Waals surface area contributed by atoms with E-state index in [4.69, 9.17) is 15.0 Å². The van der Waals surface area contributed by atoms with Crippen LogP contribution in [0.4, 0.5) is 0 Å². The van der Waals surface area contributed by atoms with E-state index in [9.17, 15) is 0 Å². The maximum atomic E-state index is 5.15. The molecule has 0 amide bonds. The van der Waals surface area contributed by atoms with E-state index >= 15 is 0 Å². The molecule has 1 aliphatic rings. The van der Waals surface area contributed by atoms with Gasteiger partial charge in [0.15, 0.2) is 5.84 Å². The molecule has 0 aliphatic carbocycles. The Balaban J connectivity index is 0.000000907. The van der Waals surface area contributed by atoms with Crippen molar-refractivity contribution in [3.05, 3.63) is 224 Å². The van der Waals surface area contributed by atoms with Gasteiger partial charge in [-0.2, -0.15) is 0 Å². The summed E-state index contributed by atoms with van der Waals surface area (Å²) in [4.78, 5) is 15.0. The maximum Gasteiger partial charge on any atom is 0.159 e. The molecule has 304 valence electrons. The summed E-state index contributed by atoms with van der Waals surface area (Å²) in [6.45, 7) is 9.25. The summed E-state index contributed by atoms with van der Waals surface area (Å²) in [5.41, 5.74) is 11.1. The van der Waals surface area contributed by atoms with Crippen LogP contribution in [0.5, 0.6) is 0 Å². The Morgan fingerprint density at radius 3 is 1.95 bits per heavy atom. The first kappa shape index (κ1) is 39.1. The van der Waals surface area contributed by atoms with Gasteiger partial charge in [0.1, 0.15) is 17.8 Å². The molecule has 1 atom stereocenters. The first-order valence-electron chi connectivity index (χ1n) is 21.6. The lowest BCUT2D eigenvalue weighted by Gasteiger charge is -2.24. The number of nitrogens with one attached hydrogen (secondary N) is 1. The van der Waals surface area contributed by atoms with Crippen LogP contribution in [0.15, 0.2) is 217 Å². The Morgan fingerprint density at radius 1 is 0.524 bits per heavy atom. The van der Waals surface area contributed by atoms with Crippen LogP contribution < -0.4 is 5.32 Å². The maximum absolute atomic E-state index is 5.15. The van der Waals surface area contributed by atoms with Crippen molar-refractivity contribution in [1.29, 1.82) is 0 Å². The molecule has 0 radical (unpaired) electrons. The zero-order valence-corrected chi connectivity index (χ0v) is 35.6. The molecule has 0 fully saturated rings. The zero-order valence-electron chi connectivity index (χ0n) is 35.6. The van der Waals surface area contributed by atoms with Gasteiger partial charge in [0.25, 0.3) is 0 Å². The highest BCUT2D eigenvalue weighted by atomic mass is 15.2. The molecule has 12 rings (SSSR count). The van der Waals surface area contributed by atoms with Gasteiger partial charge in [-0.05, 0) is 82.9 Å². The van der Waals surface area contributed by atoms with E-state index in [1.54, 1.807) is 6.08 Å². The molecule has 6 nitrogen and oxygen atoms in total. The Kier molecular flexibility index (Phi) is 10.4. The number of amidine groups is 2. The van der Waals surface area contributed by atoms with Crippen molar-refractivity contribution in [3.8, 4) is 22.6 Å². The van der Waals surface area contributed by atoms with E-state index in [0.29, 0.717) is 5.84 Å². The lowest BCUT2D eigenvalue weighted by Crippen LogP contribution is -2.33. The number of allylic oxidation sites excluding steroid dienone is 1.